The van der Waals surface area contributed by atoms with Crippen molar-refractivity contribution in [3.05, 3.63) is 23.5 Å². The quantitative estimate of drug-likeness (QED) is 0.831. The third-order valence-corrected chi connectivity index (χ3v) is 4.80. The molecule has 0 aromatic carbocycles. The van der Waals surface area contributed by atoms with Gasteiger partial charge in [-0.15, -0.1) is 6.42 Å². The SMILES string of the molecule is C#Cc1cnc(N2CCCN(C)CC2)nc1Nc1cc(C2CC2)[nH]n1. The second-order valence-corrected chi connectivity index (χ2v) is 6.83. The van der Waals surface area contributed by atoms with Gasteiger partial charge in [-0.1, -0.05) is 5.92 Å². The van der Waals surface area contributed by atoms with Gasteiger partial charge in [0.1, 0.15) is 0 Å². The van der Waals surface area contributed by atoms with E-state index in [1.54, 1.807) is 6.20 Å². The number of hydrogen-bond donors (Lipinski definition) is 2. The van der Waals surface area contributed by atoms with Gasteiger partial charge in [0, 0.05) is 37.3 Å². The topological polar surface area (TPSA) is 73.0 Å². The van der Waals surface area contributed by atoms with Crippen LogP contribution >= 0.6 is 0 Å². The van der Waals surface area contributed by atoms with Gasteiger partial charge >= 0.3 is 0 Å². The molecule has 0 spiro atoms. The van der Waals surface area contributed by atoms with Gasteiger partial charge < -0.3 is 15.1 Å². The highest BCUT2D eigenvalue weighted by Crippen LogP contribution is 2.39. The van der Waals surface area contributed by atoms with Crippen molar-refractivity contribution in [2.45, 2.75) is 25.2 Å². The molecule has 2 aromatic heterocycles. The standard InChI is InChI=1S/C18H23N7/c1-3-13-12-19-18(25-8-4-7-24(2)9-10-25)21-17(13)20-16-11-15(22-23-16)14-5-6-14/h1,11-12,14H,4-10H2,2H3,(H2,19,20,21,22,23). The van der Waals surface area contributed by atoms with Crippen molar-refractivity contribution in [2.24, 2.45) is 0 Å². The normalized spacial score (nSPS) is 18.6. The van der Waals surface area contributed by atoms with Gasteiger partial charge in [-0.05, 0) is 32.9 Å². The van der Waals surface area contributed by atoms with E-state index in [-0.39, 0.29) is 0 Å². The van der Waals surface area contributed by atoms with Gasteiger partial charge in [0.2, 0.25) is 5.95 Å². The number of rotatable bonds is 4. The number of aromatic nitrogens is 4. The number of hydrogen-bond acceptors (Lipinski definition) is 6. The van der Waals surface area contributed by atoms with Crippen LogP contribution in [0.5, 0.6) is 0 Å². The summed E-state index contributed by atoms with van der Waals surface area (Å²) in [6.45, 7) is 3.97. The Morgan fingerprint density at radius 1 is 1.28 bits per heavy atom. The summed E-state index contributed by atoms with van der Waals surface area (Å²) in [7, 11) is 2.15. The predicted molar refractivity (Wildman–Crippen MR) is 98.1 cm³/mol. The Hall–Kier alpha value is -2.59. The molecule has 25 heavy (non-hydrogen) atoms. The van der Waals surface area contributed by atoms with Crippen molar-refractivity contribution >= 4 is 17.6 Å². The van der Waals surface area contributed by atoms with Crippen molar-refractivity contribution in [1.82, 2.24) is 25.1 Å². The highest BCUT2D eigenvalue weighted by atomic mass is 15.3. The lowest BCUT2D eigenvalue weighted by molar-refractivity contribution is 0.360. The molecule has 0 atom stereocenters. The first-order valence-corrected chi connectivity index (χ1v) is 8.82. The van der Waals surface area contributed by atoms with Crippen LogP contribution in [0.4, 0.5) is 17.6 Å². The van der Waals surface area contributed by atoms with Gasteiger partial charge in [-0.3, -0.25) is 5.10 Å². The third-order valence-electron chi connectivity index (χ3n) is 4.80. The summed E-state index contributed by atoms with van der Waals surface area (Å²) in [4.78, 5) is 13.7. The summed E-state index contributed by atoms with van der Waals surface area (Å²) in [5.41, 5.74) is 1.82. The molecule has 1 aliphatic carbocycles. The fourth-order valence-electron chi connectivity index (χ4n) is 3.10. The summed E-state index contributed by atoms with van der Waals surface area (Å²) in [5.74, 6) is 5.39. The van der Waals surface area contributed by atoms with Crippen LogP contribution in [-0.4, -0.2) is 58.3 Å². The zero-order valence-electron chi connectivity index (χ0n) is 14.5. The smallest absolute Gasteiger partial charge is 0.227 e. The number of nitrogens with one attached hydrogen (secondary N) is 2. The minimum Gasteiger partial charge on any atom is -0.339 e. The molecule has 1 aliphatic heterocycles. The number of nitrogens with zero attached hydrogens (tertiary/aromatic N) is 5. The molecule has 130 valence electrons. The van der Waals surface area contributed by atoms with Crippen molar-refractivity contribution in [3.63, 3.8) is 0 Å². The molecule has 2 fully saturated rings. The molecule has 7 heteroatoms. The Balaban J connectivity index is 1.56. The van der Waals surface area contributed by atoms with Gasteiger partial charge in [0.25, 0.3) is 0 Å². The largest absolute Gasteiger partial charge is 0.339 e. The van der Waals surface area contributed by atoms with E-state index < -0.39 is 0 Å². The highest BCUT2D eigenvalue weighted by molar-refractivity contribution is 5.62. The van der Waals surface area contributed by atoms with E-state index in [0.717, 1.165) is 44.4 Å². The van der Waals surface area contributed by atoms with Crippen LogP contribution < -0.4 is 10.2 Å². The Morgan fingerprint density at radius 3 is 2.96 bits per heavy atom. The van der Waals surface area contributed by atoms with Crippen molar-refractivity contribution in [2.75, 3.05) is 43.4 Å². The Morgan fingerprint density at radius 2 is 2.16 bits per heavy atom. The van der Waals surface area contributed by atoms with Crippen LogP contribution in [0, 0.1) is 12.3 Å². The van der Waals surface area contributed by atoms with E-state index in [4.69, 9.17) is 6.42 Å². The minimum absolute atomic E-state index is 0.630. The number of likely N-dealkylation sites (N-methyl/N-ethyl adjacent to an activating group) is 1. The molecule has 1 saturated heterocycles. The van der Waals surface area contributed by atoms with E-state index in [1.807, 2.05) is 6.07 Å². The first kappa shape index (κ1) is 15.9. The summed E-state index contributed by atoms with van der Waals surface area (Å²) in [6.07, 6.45) is 10.9. The zero-order valence-corrected chi connectivity index (χ0v) is 14.5. The van der Waals surface area contributed by atoms with Crippen LogP contribution in [0.2, 0.25) is 0 Å². The van der Waals surface area contributed by atoms with Gasteiger partial charge in [-0.2, -0.15) is 10.1 Å². The van der Waals surface area contributed by atoms with Gasteiger partial charge in [0.15, 0.2) is 11.6 Å². The monoisotopic (exact) mass is 337 g/mol. The lowest BCUT2D eigenvalue weighted by atomic mass is 10.3. The van der Waals surface area contributed by atoms with Crippen LogP contribution in [-0.2, 0) is 0 Å². The molecule has 0 bridgehead atoms. The number of H-pyrrole nitrogens is 1. The molecule has 0 amide bonds. The summed E-state index contributed by atoms with van der Waals surface area (Å²) >= 11 is 0. The van der Waals surface area contributed by atoms with Crippen LogP contribution in [0.3, 0.4) is 0 Å². The molecular formula is C18H23N7. The Kier molecular flexibility index (Phi) is 4.28. The molecule has 2 aliphatic rings. The van der Waals surface area contributed by atoms with Crippen molar-refractivity contribution in [1.29, 1.82) is 0 Å². The summed E-state index contributed by atoms with van der Waals surface area (Å²) in [5, 5.41) is 10.7. The van der Waals surface area contributed by atoms with Crippen LogP contribution in [0.25, 0.3) is 0 Å². The average Bonchev–Trinajstić information content (AvgIpc) is 3.40. The zero-order chi connectivity index (χ0) is 17.2. The Bertz CT molecular complexity index is 787. The van der Waals surface area contributed by atoms with Crippen LogP contribution in [0.15, 0.2) is 12.3 Å². The molecule has 0 radical (unpaired) electrons. The molecule has 7 nitrogen and oxygen atoms in total. The average molecular weight is 337 g/mol. The fourth-order valence-corrected chi connectivity index (χ4v) is 3.10. The molecule has 2 N–H and O–H groups in total. The molecule has 3 heterocycles. The van der Waals surface area contributed by atoms with E-state index in [1.165, 1.54) is 18.5 Å². The Labute approximate surface area is 147 Å². The maximum Gasteiger partial charge on any atom is 0.227 e. The first-order chi connectivity index (χ1) is 12.2. The summed E-state index contributed by atoms with van der Waals surface area (Å²) < 4.78 is 0. The first-order valence-electron chi connectivity index (χ1n) is 8.82. The molecule has 0 unspecified atom stereocenters. The lowest BCUT2D eigenvalue weighted by Gasteiger charge is -2.21. The van der Waals surface area contributed by atoms with Gasteiger partial charge in [0.05, 0.1) is 11.8 Å². The summed E-state index contributed by atoms with van der Waals surface area (Å²) in [6, 6.07) is 2.04. The van der Waals surface area contributed by atoms with Crippen molar-refractivity contribution < 1.29 is 0 Å². The van der Waals surface area contributed by atoms with Crippen LogP contribution in [0.1, 0.15) is 36.4 Å². The number of aromatic amines is 1. The minimum atomic E-state index is 0.630. The number of terminal acetylenes is 1. The third kappa shape index (κ3) is 3.59. The van der Waals surface area contributed by atoms with E-state index in [2.05, 4.69) is 48.3 Å². The van der Waals surface area contributed by atoms with Crippen molar-refractivity contribution in [3.8, 4) is 12.3 Å². The van der Waals surface area contributed by atoms with E-state index in [9.17, 15) is 0 Å². The lowest BCUT2D eigenvalue weighted by Crippen LogP contribution is -2.30. The molecule has 1 saturated carbocycles. The maximum absolute atomic E-state index is 5.62. The predicted octanol–water partition coefficient (Wildman–Crippen LogP) is 1.94. The van der Waals surface area contributed by atoms with E-state index >= 15 is 0 Å². The maximum atomic E-state index is 5.62. The highest BCUT2D eigenvalue weighted by Gasteiger charge is 2.25. The molecule has 2 aromatic rings. The second kappa shape index (κ2) is 6.73. The fraction of sp³-hybridized carbons (Fsp3) is 0.500. The van der Waals surface area contributed by atoms with Gasteiger partial charge in [-0.25, -0.2) is 4.98 Å². The molecule has 4 rings (SSSR count). The van der Waals surface area contributed by atoms with E-state index in [0.29, 0.717) is 17.3 Å². The number of anilines is 3. The second-order valence-electron chi connectivity index (χ2n) is 6.83. The molecular weight excluding hydrogens is 314 g/mol.